The second kappa shape index (κ2) is 2.83. The second-order valence-electron chi connectivity index (χ2n) is 3.27. The summed E-state index contributed by atoms with van der Waals surface area (Å²) in [6.45, 7) is 4.18. The first-order valence-electron chi connectivity index (χ1n) is 3.58. The van der Waals surface area contributed by atoms with Crippen LogP contribution in [0.1, 0.15) is 19.4 Å². The van der Waals surface area contributed by atoms with Crippen LogP contribution in [0.5, 0.6) is 5.75 Å². The fraction of sp³-hybridized carbons (Fsp3) is 0.333. The maximum absolute atomic E-state index is 9.17. The first kappa shape index (κ1) is 8.55. The molecule has 0 heterocycles. The van der Waals surface area contributed by atoms with Crippen molar-refractivity contribution in [3.8, 4) is 5.75 Å². The van der Waals surface area contributed by atoms with Crippen molar-refractivity contribution in [2.24, 2.45) is 0 Å². The number of hydrogen-bond acceptors (Lipinski definition) is 1. The Morgan fingerprint density at radius 1 is 1.36 bits per heavy atom. The zero-order valence-corrected chi connectivity index (χ0v) is 7.99. The SMILES string of the molecule is CC(C)(P)c1cccc(O)c1. The Balaban J connectivity index is 3.06. The Bertz CT molecular complexity index is 250. The minimum atomic E-state index is 0.0404. The van der Waals surface area contributed by atoms with E-state index in [1.54, 1.807) is 12.1 Å². The van der Waals surface area contributed by atoms with Gasteiger partial charge in [0.25, 0.3) is 0 Å². The summed E-state index contributed by atoms with van der Waals surface area (Å²) in [4.78, 5) is 0. The maximum atomic E-state index is 9.17. The molecule has 1 N–H and O–H groups in total. The third kappa shape index (κ3) is 2.20. The van der Waals surface area contributed by atoms with Crippen LogP contribution in [0.25, 0.3) is 0 Å². The highest BCUT2D eigenvalue weighted by molar-refractivity contribution is 7.18. The van der Waals surface area contributed by atoms with E-state index in [-0.39, 0.29) is 5.16 Å². The van der Waals surface area contributed by atoms with E-state index in [0.29, 0.717) is 5.75 Å². The quantitative estimate of drug-likeness (QED) is 0.639. The van der Waals surface area contributed by atoms with Crippen molar-refractivity contribution >= 4 is 9.24 Å². The van der Waals surface area contributed by atoms with Crippen LogP contribution >= 0.6 is 9.24 Å². The molecule has 1 aromatic carbocycles. The van der Waals surface area contributed by atoms with Crippen molar-refractivity contribution in [1.29, 1.82) is 0 Å². The molecule has 0 aromatic heterocycles. The summed E-state index contributed by atoms with van der Waals surface area (Å²) >= 11 is 0. The van der Waals surface area contributed by atoms with E-state index in [2.05, 4.69) is 23.1 Å². The molecule has 0 radical (unpaired) electrons. The molecule has 0 fully saturated rings. The average molecular weight is 168 g/mol. The van der Waals surface area contributed by atoms with Crippen molar-refractivity contribution in [2.75, 3.05) is 0 Å². The van der Waals surface area contributed by atoms with Crippen molar-refractivity contribution in [3.05, 3.63) is 29.8 Å². The minimum Gasteiger partial charge on any atom is -0.508 e. The molecule has 1 unspecified atom stereocenters. The van der Waals surface area contributed by atoms with Gasteiger partial charge in [0.2, 0.25) is 0 Å². The van der Waals surface area contributed by atoms with Gasteiger partial charge in [-0.25, -0.2) is 0 Å². The van der Waals surface area contributed by atoms with E-state index in [1.165, 1.54) is 0 Å². The van der Waals surface area contributed by atoms with E-state index >= 15 is 0 Å². The molecule has 11 heavy (non-hydrogen) atoms. The number of phenols is 1. The van der Waals surface area contributed by atoms with Gasteiger partial charge in [-0.2, -0.15) is 0 Å². The lowest BCUT2D eigenvalue weighted by molar-refractivity contribution is 0.473. The summed E-state index contributed by atoms with van der Waals surface area (Å²) in [7, 11) is 2.74. The molecule has 60 valence electrons. The number of rotatable bonds is 1. The Kier molecular flexibility index (Phi) is 2.20. The molecule has 0 aliphatic rings. The third-order valence-electron chi connectivity index (χ3n) is 1.59. The molecule has 1 aromatic rings. The van der Waals surface area contributed by atoms with Gasteiger partial charge in [-0.05, 0) is 17.7 Å². The van der Waals surface area contributed by atoms with Crippen LogP contribution in [0.4, 0.5) is 0 Å². The summed E-state index contributed by atoms with van der Waals surface area (Å²) in [6.07, 6.45) is 0. The molecule has 1 nitrogen and oxygen atoms in total. The smallest absolute Gasteiger partial charge is 0.115 e. The summed E-state index contributed by atoms with van der Waals surface area (Å²) in [6, 6.07) is 7.33. The Morgan fingerprint density at radius 3 is 2.36 bits per heavy atom. The Morgan fingerprint density at radius 2 is 2.00 bits per heavy atom. The fourth-order valence-corrected chi connectivity index (χ4v) is 1.09. The zero-order chi connectivity index (χ0) is 8.48. The first-order valence-corrected chi connectivity index (χ1v) is 4.16. The number of phenolic OH excluding ortho intramolecular Hbond substituents is 1. The van der Waals surface area contributed by atoms with Crippen LogP contribution in [0.15, 0.2) is 24.3 Å². The molecule has 0 amide bonds. The highest BCUT2D eigenvalue weighted by atomic mass is 31.0. The summed E-state index contributed by atoms with van der Waals surface area (Å²) in [5, 5.41) is 9.21. The molecule has 1 atom stereocenters. The lowest BCUT2D eigenvalue weighted by Crippen LogP contribution is -2.05. The Hall–Kier alpha value is -0.550. The van der Waals surface area contributed by atoms with Crippen LogP contribution in [-0.4, -0.2) is 5.11 Å². The van der Waals surface area contributed by atoms with E-state index in [1.807, 2.05) is 12.1 Å². The Labute approximate surface area is 69.7 Å². The normalized spacial score (nSPS) is 11.5. The van der Waals surface area contributed by atoms with Gasteiger partial charge in [-0.3, -0.25) is 0 Å². The molecular formula is C9H13OP. The van der Waals surface area contributed by atoms with E-state index < -0.39 is 0 Å². The molecule has 1 rings (SSSR count). The van der Waals surface area contributed by atoms with Crippen molar-refractivity contribution in [1.82, 2.24) is 0 Å². The van der Waals surface area contributed by atoms with Gasteiger partial charge >= 0.3 is 0 Å². The van der Waals surface area contributed by atoms with Gasteiger partial charge in [0, 0.05) is 5.16 Å². The fourth-order valence-electron chi connectivity index (χ4n) is 0.907. The summed E-state index contributed by atoms with van der Waals surface area (Å²) < 4.78 is 0. The highest BCUT2D eigenvalue weighted by Gasteiger charge is 2.13. The molecule has 0 bridgehead atoms. The van der Waals surface area contributed by atoms with Crippen LogP contribution < -0.4 is 0 Å². The highest BCUT2D eigenvalue weighted by Crippen LogP contribution is 2.31. The van der Waals surface area contributed by atoms with Gasteiger partial charge in [-0.15, -0.1) is 9.24 Å². The van der Waals surface area contributed by atoms with E-state index in [0.717, 1.165) is 5.56 Å². The number of aromatic hydroxyl groups is 1. The standard InChI is InChI=1S/C9H13OP/c1-9(2,11)7-4-3-5-8(10)6-7/h3-6,10H,11H2,1-2H3. The van der Waals surface area contributed by atoms with Gasteiger partial charge in [-0.1, -0.05) is 26.0 Å². The van der Waals surface area contributed by atoms with E-state index in [9.17, 15) is 0 Å². The predicted molar refractivity (Wildman–Crippen MR) is 50.8 cm³/mol. The van der Waals surface area contributed by atoms with Gasteiger partial charge in [0.1, 0.15) is 5.75 Å². The lowest BCUT2D eigenvalue weighted by Gasteiger charge is -2.18. The molecule has 0 saturated carbocycles. The largest absolute Gasteiger partial charge is 0.508 e. The lowest BCUT2D eigenvalue weighted by atomic mass is 10.0. The van der Waals surface area contributed by atoms with Crippen molar-refractivity contribution < 1.29 is 5.11 Å². The predicted octanol–water partition coefficient (Wildman–Crippen LogP) is 2.50. The maximum Gasteiger partial charge on any atom is 0.115 e. The first-order chi connectivity index (χ1) is 5.00. The zero-order valence-electron chi connectivity index (χ0n) is 6.83. The minimum absolute atomic E-state index is 0.0404. The second-order valence-corrected chi connectivity index (χ2v) is 4.72. The van der Waals surface area contributed by atoms with Gasteiger partial charge < -0.3 is 5.11 Å². The van der Waals surface area contributed by atoms with Gasteiger partial charge in [0.05, 0.1) is 0 Å². The molecular weight excluding hydrogens is 155 g/mol. The summed E-state index contributed by atoms with van der Waals surface area (Å²) in [5.74, 6) is 0.332. The van der Waals surface area contributed by atoms with Crippen LogP contribution in [-0.2, 0) is 5.16 Å². The number of benzene rings is 1. The van der Waals surface area contributed by atoms with Crippen molar-refractivity contribution in [3.63, 3.8) is 0 Å². The topological polar surface area (TPSA) is 20.2 Å². The molecule has 0 saturated heterocycles. The molecule has 0 aliphatic carbocycles. The molecule has 2 heteroatoms. The van der Waals surface area contributed by atoms with E-state index in [4.69, 9.17) is 5.11 Å². The van der Waals surface area contributed by atoms with Crippen LogP contribution in [0.2, 0.25) is 0 Å². The third-order valence-corrected chi connectivity index (χ3v) is 1.92. The number of hydrogen-bond donors (Lipinski definition) is 1. The molecule has 0 spiro atoms. The molecule has 0 aliphatic heterocycles. The van der Waals surface area contributed by atoms with Crippen LogP contribution in [0.3, 0.4) is 0 Å². The average Bonchev–Trinajstić information content (AvgIpc) is 1.86. The monoisotopic (exact) mass is 168 g/mol. The van der Waals surface area contributed by atoms with Gasteiger partial charge in [0.15, 0.2) is 0 Å². The summed E-state index contributed by atoms with van der Waals surface area (Å²) in [5.41, 5.74) is 1.13. The van der Waals surface area contributed by atoms with Crippen molar-refractivity contribution in [2.45, 2.75) is 19.0 Å². The van der Waals surface area contributed by atoms with Crippen LogP contribution in [0, 0.1) is 0 Å².